The molecule has 13 heavy (non-hydrogen) atoms. The van der Waals surface area contributed by atoms with Crippen LogP contribution >= 0.6 is 0 Å². The van der Waals surface area contributed by atoms with Crippen molar-refractivity contribution in [2.24, 2.45) is 10.3 Å². The Hall–Kier alpha value is -1.64. The lowest BCUT2D eigenvalue weighted by Crippen LogP contribution is -1.87. The summed E-state index contributed by atoms with van der Waals surface area (Å²) in [5.41, 5.74) is 4.75. The van der Waals surface area contributed by atoms with Gasteiger partial charge in [0, 0.05) is 0 Å². The van der Waals surface area contributed by atoms with Gasteiger partial charge in [-0.15, -0.1) is 0 Å². The van der Waals surface area contributed by atoms with Gasteiger partial charge in [-0.25, -0.2) is 0 Å². The van der Waals surface area contributed by atoms with Crippen LogP contribution in [0.25, 0.3) is 0 Å². The Bertz CT molecular complexity index is 290. The summed E-state index contributed by atoms with van der Waals surface area (Å²) in [5.74, 6) is 0. The summed E-state index contributed by atoms with van der Waals surface area (Å²) >= 11 is 0. The van der Waals surface area contributed by atoms with Gasteiger partial charge in [0.2, 0.25) is 0 Å². The quantitative estimate of drug-likeness (QED) is 0.426. The van der Waals surface area contributed by atoms with Crippen LogP contribution in [0.3, 0.4) is 0 Å². The summed E-state index contributed by atoms with van der Waals surface area (Å²) in [6.45, 7) is 6.21. The van der Waals surface area contributed by atoms with Gasteiger partial charge in [0.25, 0.3) is 0 Å². The van der Waals surface area contributed by atoms with Crippen LogP contribution in [0.1, 0.15) is 6.92 Å². The van der Waals surface area contributed by atoms with Gasteiger partial charge in [0.1, 0.15) is 0 Å². The lowest BCUT2D eigenvalue weighted by molar-refractivity contribution is 0.979. The molecule has 1 rings (SSSR count). The van der Waals surface area contributed by atoms with E-state index in [1.54, 1.807) is 0 Å². The van der Waals surface area contributed by atoms with Crippen LogP contribution in [0.2, 0.25) is 0 Å². The lowest BCUT2D eigenvalue weighted by Gasteiger charge is -1.96. The molecule has 1 aromatic carbocycles. The SMILES string of the molecule is C=C(C)CN=NNc1ccccc1. The van der Waals surface area contributed by atoms with Crippen LogP contribution in [0, 0.1) is 0 Å². The minimum absolute atomic E-state index is 0.569. The third kappa shape index (κ3) is 4.06. The number of anilines is 1. The average Bonchev–Trinajstić information content (AvgIpc) is 2.14. The predicted octanol–water partition coefficient (Wildman–Crippen LogP) is 3.04. The molecule has 0 bridgehead atoms. The van der Waals surface area contributed by atoms with Crippen LogP contribution in [-0.2, 0) is 0 Å². The zero-order chi connectivity index (χ0) is 9.52. The third-order valence-electron chi connectivity index (χ3n) is 1.36. The van der Waals surface area contributed by atoms with Crippen molar-refractivity contribution >= 4 is 5.69 Å². The molecule has 3 heteroatoms. The highest BCUT2D eigenvalue weighted by Gasteiger charge is 1.84. The maximum Gasteiger partial charge on any atom is 0.0825 e. The van der Waals surface area contributed by atoms with Crippen molar-refractivity contribution < 1.29 is 0 Å². The van der Waals surface area contributed by atoms with Gasteiger partial charge in [-0.2, -0.15) is 5.11 Å². The first-order valence-electron chi connectivity index (χ1n) is 4.11. The van der Waals surface area contributed by atoms with Crippen LogP contribution in [0.15, 0.2) is 52.8 Å². The van der Waals surface area contributed by atoms with Crippen LogP contribution in [-0.4, -0.2) is 6.54 Å². The van der Waals surface area contributed by atoms with Crippen LogP contribution < -0.4 is 5.43 Å². The van der Waals surface area contributed by atoms with Crippen molar-refractivity contribution in [3.05, 3.63) is 42.5 Å². The Balaban J connectivity index is 2.35. The van der Waals surface area contributed by atoms with Gasteiger partial charge in [-0.3, -0.25) is 5.43 Å². The molecule has 0 saturated heterocycles. The highest BCUT2D eigenvalue weighted by molar-refractivity contribution is 5.41. The molecule has 0 spiro atoms. The van der Waals surface area contributed by atoms with E-state index >= 15 is 0 Å². The largest absolute Gasteiger partial charge is 0.260 e. The third-order valence-corrected chi connectivity index (χ3v) is 1.36. The zero-order valence-electron chi connectivity index (χ0n) is 7.70. The van der Waals surface area contributed by atoms with Crippen molar-refractivity contribution in [3.8, 4) is 0 Å². The molecule has 0 fully saturated rings. The summed E-state index contributed by atoms with van der Waals surface area (Å²) in [7, 11) is 0. The van der Waals surface area contributed by atoms with E-state index < -0.39 is 0 Å². The van der Waals surface area contributed by atoms with E-state index in [-0.39, 0.29) is 0 Å². The number of nitrogens with zero attached hydrogens (tertiary/aromatic N) is 2. The molecule has 0 radical (unpaired) electrons. The summed E-state index contributed by atoms with van der Waals surface area (Å²) in [5, 5.41) is 7.68. The van der Waals surface area contributed by atoms with E-state index in [2.05, 4.69) is 22.3 Å². The molecule has 0 saturated carbocycles. The molecule has 1 aromatic rings. The molecule has 0 aliphatic carbocycles. The van der Waals surface area contributed by atoms with Gasteiger partial charge in [0.15, 0.2) is 0 Å². The van der Waals surface area contributed by atoms with E-state index in [0.29, 0.717) is 6.54 Å². The number of rotatable bonds is 4. The molecule has 0 amide bonds. The van der Waals surface area contributed by atoms with Gasteiger partial charge in [0.05, 0.1) is 12.2 Å². The molecule has 0 aromatic heterocycles. The fourth-order valence-corrected chi connectivity index (χ4v) is 0.762. The molecule has 0 aliphatic rings. The second kappa shape index (κ2) is 5.09. The molecule has 0 aliphatic heterocycles. The van der Waals surface area contributed by atoms with Crippen molar-refractivity contribution in [1.29, 1.82) is 0 Å². The van der Waals surface area contributed by atoms with Gasteiger partial charge in [-0.05, 0) is 19.1 Å². The van der Waals surface area contributed by atoms with Crippen molar-refractivity contribution in [2.75, 3.05) is 12.0 Å². The number of hydrogen-bond donors (Lipinski definition) is 1. The van der Waals surface area contributed by atoms with Crippen molar-refractivity contribution in [1.82, 2.24) is 0 Å². The first kappa shape index (κ1) is 9.45. The monoisotopic (exact) mass is 175 g/mol. The standard InChI is InChI=1S/C10H13N3/c1-9(2)8-11-13-12-10-6-4-3-5-7-10/h3-7H,1,8H2,2H3,(H,11,12). The smallest absolute Gasteiger partial charge is 0.0825 e. The number of nitrogens with one attached hydrogen (secondary N) is 1. The zero-order valence-corrected chi connectivity index (χ0v) is 7.70. The number of benzene rings is 1. The van der Waals surface area contributed by atoms with Crippen molar-refractivity contribution in [3.63, 3.8) is 0 Å². The molecular weight excluding hydrogens is 162 g/mol. The molecule has 68 valence electrons. The molecular formula is C10H13N3. The Kier molecular flexibility index (Phi) is 3.70. The summed E-state index contributed by atoms with van der Waals surface area (Å²) < 4.78 is 0. The second-order valence-corrected chi connectivity index (χ2v) is 2.83. The topological polar surface area (TPSA) is 36.8 Å². The van der Waals surface area contributed by atoms with Gasteiger partial charge >= 0.3 is 0 Å². The average molecular weight is 175 g/mol. The van der Waals surface area contributed by atoms with E-state index in [0.717, 1.165) is 11.3 Å². The first-order valence-corrected chi connectivity index (χ1v) is 4.11. The molecule has 0 heterocycles. The number of hydrogen-bond acceptors (Lipinski definition) is 2. The van der Waals surface area contributed by atoms with Crippen LogP contribution in [0.4, 0.5) is 5.69 Å². The normalized spacial score (nSPS) is 10.2. The summed E-state index contributed by atoms with van der Waals surface area (Å²) in [6.07, 6.45) is 0. The summed E-state index contributed by atoms with van der Waals surface area (Å²) in [6, 6.07) is 9.70. The Morgan fingerprint density at radius 3 is 2.69 bits per heavy atom. The minimum atomic E-state index is 0.569. The lowest BCUT2D eigenvalue weighted by atomic mass is 10.3. The van der Waals surface area contributed by atoms with E-state index in [4.69, 9.17) is 0 Å². The minimum Gasteiger partial charge on any atom is -0.260 e. The molecule has 3 nitrogen and oxygen atoms in total. The maximum atomic E-state index is 3.88. The van der Waals surface area contributed by atoms with Crippen LogP contribution in [0.5, 0.6) is 0 Å². The van der Waals surface area contributed by atoms with Gasteiger partial charge < -0.3 is 0 Å². The Morgan fingerprint density at radius 2 is 2.08 bits per heavy atom. The van der Waals surface area contributed by atoms with Crippen molar-refractivity contribution in [2.45, 2.75) is 6.92 Å². The highest BCUT2D eigenvalue weighted by atomic mass is 15.4. The Morgan fingerprint density at radius 1 is 1.38 bits per heavy atom. The van der Waals surface area contributed by atoms with Gasteiger partial charge in [-0.1, -0.05) is 35.6 Å². The fraction of sp³-hybridized carbons (Fsp3) is 0.200. The highest BCUT2D eigenvalue weighted by Crippen LogP contribution is 2.04. The second-order valence-electron chi connectivity index (χ2n) is 2.83. The molecule has 0 unspecified atom stereocenters. The fourth-order valence-electron chi connectivity index (χ4n) is 0.762. The first-order chi connectivity index (χ1) is 6.29. The molecule has 1 N–H and O–H groups in total. The van der Waals surface area contributed by atoms with E-state index in [9.17, 15) is 0 Å². The predicted molar refractivity (Wildman–Crippen MR) is 54.6 cm³/mol. The van der Waals surface area contributed by atoms with E-state index in [1.165, 1.54) is 0 Å². The molecule has 0 atom stereocenters. The van der Waals surface area contributed by atoms with E-state index in [1.807, 2.05) is 37.3 Å². The number of para-hydroxylation sites is 1. The Labute approximate surface area is 78.2 Å². The summed E-state index contributed by atoms with van der Waals surface area (Å²) in [4.78, 5) is 0. The maximum absolute atomic E-state index is 3.88.